The van der Waals surface area contributed by atoms with Gasteiger partial charge in [-0.15, -0.1) is 0 Å². The van der Waals surface area contributed by atoms with Gasteiger partial charge in [-0.3, -0.25) is 9.89 Å². The molecule has 25 heavy (non-hydrogen) atoms. The maximum absolute atomic E-state index is 12.6. The van der Waals surface area contributed by atoms with Crippen LogP contribution in [0.3, 0.4) is 0 Å². The van der Waals surface area contributed by atoms with Crippen molar-refractivity contribution in [3.05, 3.63) is 36.0 Å². The van der Waals surface area contributed by atoms with Crippen molar-refractivity contribution >= 4 is 5.91 Å². The number of ether oxygens (including phenoxy) is 1. The molecule has 1 aromatic heterocycles. The van der Waals surface area contributed by atoms with Crippen LogP contribution in [0.2, 0.25) is 0 Å². The van der Waals surface area contributed by atoms with Gasteiger partial charge in [0.1, 0.15) is 5.75 Å². The highest BCUT2D eigenvalue weighted by Crippen LogP contribution is 2.26. The van der Waals surface area contributed by atoms with E-state index >= 15 is 0 Å². The first kappa shape index (κ1) is 17.3. The number of H-pyrrole nitrogens is 1. The molecule has 1 amide bonds. The molecule has 0 aliphatic carbocycles. The van der Waals surface area contributed by atoms with Gasteiger partial charge in [-0.2, -0.15) is 13.9 Å². The first-order valence-electron chi connectivity index (χ1n) is 8.15. The molecule has 1 aromatic carbocycles. The molecule has 3 N–H and O–H groups in total. The molecule has 0 saturated carbocycles. The van der Waals surface area contributed by atoms with Crippen molar-refractivity contribution in [3.8, 4) is 17.0 Å². The maximum atomic E-state index is 12.6. The number of rotatable bonds is 5. The third kappa shape index (κ3) is 4.14. The van der Waals surface area contributed by atoms with Crippen molar-refractivity contribution in [2.45, 2.75) is 26.0 Å². The number of carbonyl (C=O) groups is 1. The van der Waals surface area contributed by atoms with E-state index in [0.29, 0.717) is 22.7 Å². The van der Waals surface area contributed by atoms with Crippen LogP contribution in [0.1, 0.15) is 23.7 Å². The van der Waals surface area contributed by atoms with Crippen LogP contribution < -0.4 is 15.4 Å². The van der Waals surface area contributed by atoms with Crippen LogP contribution >= 0.6 is 0 Å². The Kier molecular flexibility index (Phi) is 5.28. The van der Waals surface area contributed by atoms with E-state index in [4.69, 9.17) is 0 Å². The van der Waals surface area contributed by atoms with Gasteiger partial charge in [0.2, 0.25) is 0 Å². The summed E-state index contributed by atoms with van der Waals surface area (Å²) in [5, 5.41) is 13.0. The monoisotopic (exact) mass is 350 g/mol. The molecule has 6 nitrogen and oxygen atoms in total. The first-order chi connectivity index (χ1) is 12.0. The van der Waals surface area contributed by atoms with E-state index in [-0.39, 0.29) is 17.7 Å². The van der Waals surface area contributed by atoms with Gasteiger partial charge < -0.3 is 15.4 Å². The molecule has 3 rings (SSSR count). The summed E-state index contributed by atoms with van der Waals surface area (Å²) in [6.45, 7) is 0.899. The van der Waals surface area contributed by atoms with E-state index in [0.717, 1.165) is 19.5 Å². The molecule has 2 heterocycles. The van der Waals surface area contributed by atoms with Crippen LogP contribution in [-0.4, -0.2) is 41.8 Å². The summed E-state index contributed by atoms with van der Waals surface area (Å²) in [7, 11) is 0. The van der Waals surface area contributed by atoms with Crippen LogP contribution in [0.5, 0.6) is 5.75 Å². The fourth-order valence-electron chi connectivity index (χ4n) is 2.98. The van der Waals surface area contributed by atoms with Gasteiger partial charge in [0, 0.05) is 11.6 Å². The second-order valence-electron chi connectivity index (χ2n) is 6.12. The smallest absolute Gasteiger partial charge is 0.387 e. The first-order valence-corrected chi connectivity index (χ1v) is 8.15. The zero-order valence-electron chi connectivity index (χ0n) is 13.8. The molecule has 1 fully saturated rings. The van der Waals surface area contributed by atoms with Gasteiger partial charge in [0.05, 0.1) is 17.5 Å². The standard InChI is InChI=1S/C17H20F2N4O2/c1-10-8-20-6-5-14(10)22-16(24)13-9-21-23-15(13)11-3-2-4-12(7-11)25-17(18)19/h2-4,7,9-10,14,17,20H,5-6,8H2,1H3,(H,21,23)(H,22,24). The molecule has 8 heteroatoms. The van der Waals surface area contributed by atoms with E-state index in [9.17, 15) is 13.6 Å². The average molecular weight is 350 g/mol. The van der Waals surface area contributed by atoms with Crippen LogP contribution in [0, 0.1) is 5.92 Å². The number of hydrogen-bond donors (Lipinski definition) is 3. The summed E-state index contributed by atoms with van der Waals surface area (Å²) in [4.78, 5) is 12.6. The third-order valence-corrected chi connectivity index (χ3v) is 4.33. The Morgan fingerprint density at radius 3 is 3.04 bits per heavy atom. The quantitative estimate of drug-likeness (QED) is 0.774. The van der Waals surface area contributed by atoms with Crippen molar-refractivity contribution < 1.29 is 18.3 Å². The zero-order chi connectivity index (χ0) is 17.8. The number of piperidine rings is 1. The number of nitrogens with one attached hydrogen (secondary N) is 3. The SMILES string of the molecule is CC1CNCCC1NC(=O)c1cn[nH]c1-c1cccc(OC(F)F)c1. The van der Waals surface area contributed by atoms with Crippen LogP contribution in [0.15, 0.2) is 30.5 Å². The maximum Gasteiger partial charge on any atom is 0.387 e. The zero-order valence-corrected chi connectivity index (χ0v) is 13.8. The fraction of sp³-hybridized carbons (Fsp3) is 0.412. The molecule has 1 aliphatic heterocycles. The minimum Gasteiger partial charge on any atom is -0.435 e. The number of aromatic amines is 1. The van der Waals surface area contributed by atoms with Crippen LogP contribution in [0.25, 0.3) is 11.3 Å². The summed E-state index contributed by atoms with van der Waals surface area (Å²) in [6.07, 6.45) is 2.30. The van der Waals surface area contributed by atoms with Crippen LogP contribution in [0.4, 0.5) is 8.78 Å². The van der Waals surface area contributed by atoms with Gasteiger partial charge in [0.25, 0.3) is 5.91 Å². The topological polar surface area (TPSA) is 79.0 Å². The Morgan fingerprint density at radius 1 is 1.44 bits per heavy atom. The Morgan fingerprint density at radius 2 is 2.28 bits per heavy atom. The summed E-state index contributed by atoms with van der Waals surface area (Å²) in [6, 6.07) is 6.26. The Bertz CT molecular complexity index is 735. The highest BCUT2D eigenvalue weighted by atomic mass is 19.3. The van der Waals surface area contributed by atoms with Gasteiger partial charge in [-0.05, 0) is 37.6 Å². The summed E-state index contributed by atoms with van der Waals surface area (Å²) in [5.74, 6) is 0.124. The van der Waals surface area contributed by atoms with Gasteiger partial charge >= 0.3 is 6.61 Å². The van der Waals surface area contributed by atoms with Gasteiger partial charge in [0.15, 0.2) is 0 Å². The van der Waals surface area contributed by atoms with E-state index < -0.39 is 6.61 Å². The molecular weight excluding hydrogens is 330 g/mol. The lowest BCUT2D eigenvalue weighted by Crippen LogP contribution is -2.48. The highest BCUT2D eigenvalue weighted by Gasteiger charge is 2.25. The number of aromatic nitrogens is 2. The van der Waals surface area contributed by atoms with E-state index in [2.05, 4.69) is 32.5 Å². The number of halogens is 2. The molecule has 1 saturated heterocycles. The van der Waals surface area contributed by atoms with Crippen molar-refractivity contribution in [1.82, 2.24) is 20.8 Å². The van der Waals surface area contributed by atoms with Gasteiger partial charge in [-0.25, -0.2) is 0 Å². The normalized spacial score (nSPS) is 20.5. The van der Waals surface area contributed by atoms with Crippen LogP contribution in [-0.2, 0) is 0 Å². The lowest BCUT2D eigenvalue weighted by molar-refractivity contribution is -0.0498. The molecule has 1 aliphatic rings. The van der Waals surface area contributed by atoms with Crippen molar-refractivity contribution in [3.63, 3.8) is 0 Å². The average Bonchev–Trinajstić information content (AvgIpc) is 3.06. The highest BCUT2D eigenvalue weighted by molar-refractivity contribution is 6.00. The molecule has 0 bridgehead atoms. The largest absolute Gasteiger partial charge is 0.435 e. The third-order valence-electron chi connectivity index (χ3n) is 4.33. The lowest BCUT2D eigenvalue weighted by atomic mass is 9.95. The van der Waals surface area contributed by atoms with E-state index in [1.165, 1.54) is 18.3 Å². The van der Waals surface area contributed by atoms with Gasteiger partial charge in [-0.1, -0.05) is 19.1 Å². The summed E-state index contributed by atoms with van der Waals surface area (Å²) in [5.41, 5.74) is 1.40. The fourth-order valence-corrected chi connectivity index (χ4v) is 2.98. The Labute approximate surface area is 144 Å². The van der Waals surface area contributed by atoms with Crippen molar-refractivity contribution in [1.29, 1.82) is 0 Å². The molecule has 0 radical (unpaired) electrons. The number of carbonyl (C=O) groups excluding carboxylic acids is 1. The molecule has 2 atom stereocenters. The molecule has 134 valence electrons. The van der Waals surface area contributed by atoms with E-state index in [1.54, 1.807) is 12.1 Å². The van der Waals surface area contributed by atoms with E-state index in [1.807, 2.05) is 0 Å². The molecule has 0 spiro atoms. The second-order valence-corrected chi connectivity index (χ2v) is 6.12. The number of alkyl halides is 2. The summed E-state index contributed by atoms with van der Waals surface area (Å²) >= 11 is 0. The molecular formula is C17H20F2N4O2. The van der Waals surface area contributed by atoms with Crippen molar-refractivity contribution in [2.24, 2.45) is 5.92 Å². The number of nitrogens with zero attached hydrogens (tertiary/aromatic N) is 1. The summed E-state index contributed by atoms with van der Waals surface area (Å²) < 4.78 is 29.2. The number of benzene rings is 1. The number of amides is 1. The van der Waals surface area contributed by atoms with Crippen molar-refractivity contribution in [2.75, 3.05) is 13.1 Å². The Balaban J connectivity index is 1.79. The number of hydrogen-bond acceptors (Lipinski definition) is 4. The Hall–Kier alpha value is -2.48. The predicted molar refractivity (Wildman–Crippen MR) is 88.6 cm³/mol. The minimum atomic E-state index is -2.90. The molecule has 2 aromatic rings. The second kappa shape index (κ2) is 7.60. The molecule has 2 unspecified atom stereocenters. The lowest BCUT2D eigenvalue weighted by Gasteiger charge is -2.30. The predicted octanol–water partition coefficient (Wildman–Crippen LogP) is 2.41. The minimum absolute atomic E-state index is 0.0282.